The molecule has 0 aromatic heterocycles. The molecule has 0 radical (unpaired) electrons. The first-order valence-corrected chi connectivity index (χ1v) is 6.76. The molecule has 1 N–H and O–H groups in total. The average molecular weight is 270 g/mol. The van der Waals surface area contributed by atoms with Gasteiger partial charge in [-0.05, 0) is 44.0 Å². The van der Waals surface area contributed by atoms with Crippen LogP contribution in [0, 0.1) is 0 Å². The Morgan fingerprint density at radius 3 is 2.56 bits per heavy atom. The molecule has 1 unspecified atom stereocenters. The Hall–Kier alpha value is -1.22. The molecular formula is C14H20ClNO2. The molecule has 0 saturated heterocycles. The van der Waals surface area contributed by atoms with Gasteiger partial charge in [0.25, 0.3) is 5.91 Å². The number of ether oxygens (including phenoxy) is 1. The molecule has 18 heavy (non-hydrogen) atoms. The smallest absolute Gasteiger partial charge is 0.251 e. The summed E-state index contributed by atoms with van der Waals surface area (Å²) < 4.78 is 5.32. The number of carbonyl (C=O) groups excluding carboxylic acids is 1. The molecule has 1 rings (SSSR count). The third kappa shape index (κ3) is 4.96. The van der Waals surface area contributed by atoms with E-state index in [0.29, 0.717) is 18.7 Å². The van der Waals surface area contributed by atoms with Crippen LogP contribution in [0.4, 0.5) is 0 Å². The van der Waals surface area contributed by atoms with Crippen molar-refractivity contribution in [3.05, 3.63) is 29.8 Å². The first-order valence-electron chi connectivity index (χ1n) is 6.32. The van der Waals surface area contributed by atoms with E-state index in [2.05, 4.69) is 5.32 Å². The summed E-state index contributed by atoms with van der Waals surface area (Å²) in [5.41, 5.74) is 0.640. The first-order chi connectivity index (χ1) is 8.67. The first kappa shape index (κ1) is 14.8. The lowest BCUT2D eigenvalue weighted by Crippen LogP contribution is -2.25. The van der Waals surface area contributed by atoms with Crippen molar-refractivity contribution in [3.63, 3.8) is 0 Å². The van der Waals surface area contributed by atoms with Crippen LogP contribution in [0.15, 0.2) is 24.3 Å². The van der Waals surface area contributed by atoms with Gasteiger partial charge in [-0.15, -0.1) is 11.6 Å². The predicted octanol–water partition coefficient (Wildman–Crippen LogP) is 3.22. The molecule has 100 valence electrons. The summed E-state index contributed by atoms with van der Waals surface area (Å²) in [4.78, 5) is 11.8. The van der Waals surface area contributed by atoms with Gasteiger partial charge in [0.15, 0.2) is 0 Å². The maximum atomic E-state index is 11.8. The van der Waals surface area contributed by atoms with Crippen molar-refractivity contribution in [3.8, 4) is 5.75 Å². The zero-order chi connectivity index (χ0) is 13.4. The molecule has 0 bridgehead atoms. The van der Waals surface area contributed by atoms with E-state index < -0.39 is 0 Å². The number of alkyl halides is 1. The molecule has 0 aliphatic heterocycles. The van der Waals surface area contributed by atoms with Crippen molar-refractivity contribution in [1.82, 2.24) is 5.32 Å². The Morgan fingerprint density at radius 1 is 1.33 bits per heavy atom. The van der Waals surface area contributed by atoms with E-state index in [4.69, 9.17) is 16.3 Å². The van der Waals surface area contributed by atoms with E-state index in [-0.39, 0.29) is 11.3 Å². The number of nitrogens with one attached hydrogen (secondary N) is 1. The van der Waals surface area contributed by atoms with Gasteiger partial charge >= 0.3 is 0 Å². The van der Waals surface area contributed by atoms with E-state index in [1.807, 2.05) is 13.8 Å². The Labute approximate surface area is 113 Å². The van der Waals surface area contributed by atoms with Crippen LogP contribution in [0.25, 0.3) is 0 Å². The van der Waals surface area contributed by atoms with Crippen LogP contribution in [-0.4, -0.2) is 24.4 Å². The minimum Gasteiger partial charge on any atom is -0.494 e. The lowest BCUT2D eigenvalue weighted by atomic mass is 10.2. The number of hydrogen-bond acceptors (Lipinski definition) is 2. The monoisotopic (exact) mass is 269 g/mol. The zero-order valence-corrected chi connectivity index (χ0v) is 11.7. The molecule has 4 heteroatoms. The fourth-order valence-corrected chi connectivity index (χ4v) is 1.63. The molecular weight excluding hydrogens is 250 g/mol. The highest BCUT2D eigenvalue weighted by atomic mass is 35.5. The lowest BCUT2D eigenvalue weighted by Gasteiger charge is -2.08. The van der Waals surface area contributed by atoms with Gasteiger partial charge < -0.3 is 10.1 Å². The predicted molar refractivity (Wildman–Crippen MR) is 74.5 cm³/mol. The summed E-state index contributed by atoms with van der Waals surface area (Å²) in [7, 11) is 0. The molecule has 0 aliphatic carbocycles. The quantitative estimate of drug-likeness (QED) is 0.772. The van der Waals surface area contributed by atoms with Crippen molar-refractivity contribution in [2.75, 3.05) is 13.2 Å². The molecule has 0 aliphatic rings. The topological polar surface area (TPSA) is 38.3 Å². The van der Waals surface area contributed by atoms with E-state index in [1.165, 1.54) is 0 Å². The van der Waals surface area contributed by atoms with Crippen molar-refractivity contribution >= 4 is 17.5 Å². The van der Waals surface area contributed by atoms with Gasteiger partial charge in [0.1, 0.15) is 5.75 Å². The van der Waals surface area contributed by atoms with Gasteiger partial charge in [0, 0.05) is 17.5 Å². The van der Waals surface area contributed by atoms with Gasteiger partial charge in [0.05, 0.1) is 6.61 Å². The third-order valence-electron chi connectivity index (χ3n) is 2.61. The van der Waals surface area contributed by atoms with Crippen LogP contribution in [0.1, 0.15) is 37.0 Å². The average Bonchev–Trinajstić information content (AvgIpc) is 2.39. The summed E-state index contributed by atoms with van der Waals surface area (Å²) in [5, 5.41) is 2.98. The van der Waals surface area contributed by atoms with Crippen molar-refractivity contribution in [2.24, 2.45) is 0 Å². The summed E-state index contributed by atoms with van der Waals surface area (Å²) in [5.74, 6) is 0.707. The second kappa shape index (κ2) is 7.98. The summed E-state index contributed by atoms with van der Waals surface area (Å²) >= 11 is 5.98. The molecule has 0 fully saturated rings. The summed E-state index contributed by atoms with van der Waals surface area (Å²) in [6.07, 6.45) is 1.71. The maximum Gasteiger partial charge on any atom is 0.251 e. The third-order valence-corrected chi connectivity index (χ3v) is 3.14. The van der Waals surface area contributed by atoms with Crippen molar-refractivity contribution < 1.29 is 9.53 Å². The number of benzene rings is 1. The Balaban J connectivity index is 2.41. The molecule has 0 saturated carbocycles. The van der Waals surface area contributed by atoms with Gasteiger partial charge in [0.2, 0.25) is 0 Å². The molecule has 1 amide bonds. The van der Waals surface area contributed by atoms with Crippen LogP contribution >= 0.6 is 11.6 Å². The van der Waals surface area contributed by atoms with Crippen LogP contribution in [0.5, 0.6) is 5.75 Å². The second-order valence-corrected chi connectivity index (χ2v) is 4.62. The largest absolute Gasteiger partial charge is 0.494 e. The van der Waals surface area contributed by atoms with Crippen LogP contribution in [0.2, 0.25) is 0 Å². The molecule has 3 nitrogen and oxygen atoms in total. The number of hydrogen-bond donors (Lipinski definition) is 1. The Kier molecular flexibility index (Phi) is 6.58. The SMILES string of the molecule is CCOc1ccc(C(=O)NCCC(Cl)CC)cc1. The molecule has 1 aromatic carbocycles. The minimum atomic E-state index is -0.0713. The fourth-order valence-electron chi connectivity index (χ4n) is 1.52. The Morgan fingerprint density at radius 2 is 2.00 bits per heavy atom. The highest BCUT2D eigenvalue weighted by Gasteiger charge is 2.06. The highest BCUT2D eigenvalue weighted by Crippen LogP contribution is 2.12. The second-order valence-electron chi connectivity index (χ2n) is 4.01. The van der Waals surface area contributed by atoms with Crippen LogP contribution < -0.4 is 10.1 Å². The molecule has 1 atom stereocenters. The normalized spacial score (nSPS) is 11.9. The summed E-state index contributed by atoms with van der Waals surface area (Å²) in [6, 6.07) is 7.13. The van der Waals surface area contributed by atoms with E-state index >= 15 is 0 Å². The lowest BCUT2D eigenvalue weighted by molar-refractivity contribution is 0.0953. The highest BCUT2D eigenvalue weighted by molar-refractivity contribution is 6.20. The van der Waals surface area contributed by atoms with E-state index in [0.717, 1.165) is 18.6 Å². The molecule has 1 aromatic rings. The van der Waals surface area contributed by atoms with Crippen LogP contribution in [0.3, 0.4) is 0 Å². The number of rotatable bonds is 7. The van der Waals surface area contributed by atoms with Crippen LogP contribution in [-0.2, 0) is 0 Å². The van der Waals surface area contributed by atoms with Crippen molar-refractivity contribution in [2.45, 2.75) is 32.1 Å². The van der Waals surface area contributed by atoms with Gasteiger partial charge in [-0.25, -0.2) is 0 Å². The van der Waals surface area contributed by atoms with Gasteiger partial charge in [-0.1, -0.05) is 6.92 Å². The summed E-state index contributed by atoms with van der Waals surface area (Å²) in [6.45, 7) is 5.19. The van der Waals surface area contributed by atoms with E-state index in [1.54, 1.807) is 24.3 Å². The maximum absolute atomic E-state index is 11.8. The van der Waals surface area contributed by atoms with Gasteiger partial charge in [-0.2, -0.15) is 0 Å². The van der Waals surface area contributed by atoms with E-state index in [9.17, 15) is 4.79 Å². The number of halogens is 1. The standard InChI is InChI=1S/C14H20ClNO2/c1-3-12(15)9-10-16-14(17)11-5-7-13(8-6-11)18-4-2/h5-8,12H,3-4,9-10H2,1-2H3,(H,16,17). The fraction of sp³-hybridized carbons (Fsp3) is 0.500. The molecule has 0 heterocycles. The van der Waals surface area contributed by atoms with Crippen molar-refractivity contribution in [1.29, 1.82) is 0 Å². The molecule has 0 spiro atoms. The zero-order valence-electron chi connectivity index (χ0n) is 10.9. The Bertz CT molecular complexity index is 365. The number of carbonyl (C=O) groups is 1. The minimum absolute atomic E-state index is 0.0713. The van der Waals surface area contributed by atoms with Gasteiger partial charge in [-0.3, -0.25) is 4.79 Å². The number of amides is 1.